The van der Waals surface area contributed by atoms with Gasteiger partial charge >= 0.3 is 5.69 Å². The molecule has 0 saturated carbocycles. The van der Waals surface area contributed by atoms with E-state index in [0.29, 0.717) is 31.0 Å². The van der Waals surface area contributed by atoms with Crippen molar-refractivity contribution in [1.82, 2.24) is 34.2 Å². The molecular formula is C33H31N7O2S2. The number of likely N-dealkylation sites (tertiary alicyclic amines) is 1. The molecule has 3 aromatic carbocycles. The molecule has 3 aromatic heterocycles. The highest BCUT2D eigenvalue weighted by atomic mass is 32.2. The Bertz CT molecular complexity index is 1970. The third-order valence-corrected chi connectivity index (χ3v) is 10.0. The number of carbonyl (C=O) groups excluding carboxylic acids is 1. The molecule has 44 heavy (non-hydrogen) atoms. The van der Waals surface area contributed by atoms with Crippen molar-refractivity contribution in [2.45, 2.75) is 43.1 Å². The quantitative estimate of drug-likeness (QED) is 0.208. The van der Waals surface area contributed by atoms with E-state index >= 15 is 0 Å². The average Bonchev–Trinajstić information content (AvgIpc) is 3.77. The van der Waals surface area contributed by atoms with E-state index in [9.17, 15) is 9.59 Å². The molecule has 1 amide bonds. The van der Waals surface area contributed by atoms with Gasteiger partial charge in [-0.2, -0.15) is 0 Å². The van der Waals surface area contributed by atoms with Crippen molar-refractivity contribution in [3.63, 3.8) is 0 Å². The van der Waals surface area contributed by atoms with E-state index in [4.69, 9.17) is 4.98 Å². The molecular weight excluding hydrogens is 591 g/mol. The number of fused-ring (bicyclic) bond motifs is 1. The smallest absolute Gasteiger partial charge is 0.326 e. The maximum absolute atomic E-state index is 13.4. The lowest BCUT2D eigenvalue weighted by Gasteiger charge is -2.32. The van der Waals surface area contributed by atoms with E-state index in [0.717, 1.165) is 45.6 Å². The number of thioether (sulfide) groups is 1. The van der Waals surface area contributed by atoms with Crippen LogP contribution >= 0.6 is 23.1 Å². The van der Waals surface area contributed by atoms with Gasteiger partial charge in [-0.25, -0.2) is 9.78 Å². The minimum Gasteiger partial charge on any atom is -0.337 e. The molecule has 0 radical (unpaired) electrons. The van der Waals surface area contributed by atoms with Gasteiger partial charge in [0.1, 0.15) is 16.5 Å². The van der Waals surface area contributed by atoms with Crippen LogP contribution < -0.4 is 5.69 Å². The summed E-state index contributed by atoms with van der Waals surface area (Å²) in [4.78, 5) is 35.5. The topological polar surface area (TPSA) is 102 Å². The van der Waals surface area contributed by atoms with Crippen LogP contribution in [-0.4, -0.2) is 53.2 Å². The number of aryl methyl sites for hydroxylation is 1. The van der Waals surface area contributed by atoms with E-state index in [1.54, 1.807) is 11.8 Å². The molecule has 0 bridgehead atoms. The number of carbonyl (C=O) groups is 1. The van der Waals surface area contributed by atoms with E-state index in [1.165, 1.54) is 22.5 Å². The Kier molecular flexibility index (Phi) is 7.88. The van der Waals surface area contributed by atoms with Crippen LogP contribution in [-0.2, 0) is 12.2 Å². The van der Waals surface area contributed by atoms with Crippen molar-refractivity contribution in [2.24, 2.45) is 0 Å². The molecule has 4 heterocycles. The Morgan fingerprint density at radius 2 is 1.73 bits per heavy atom. The van der Waals surface area contributed by atoms with Gasteiger partial charge in [-0.15, -0.1) is 21.5 Å². The first kappa shape index (κ1) is 28.3. The molecule has 11 heteroatoms. The summed E-state index contributed by atoms with van der Waals surface area (Å²) in [5.41, 5.74) is 5.51. The molecule has 0 spiro atoms. The number of rotatable bonds is 8. The Hall–Kier alpha value is -4.48. The molecule has 0 atom stereocenters. The summed E-state index contributed by atoms with van der Waals surface area (Å²) < 4.78 is 3.95. The number of thiazole rings is 1. The molecule has 1 aliphatic rings. The highest BCUT2D eigenvalue weighted by Crippen LogP contribution is 2.29. The third-order valence-electron chi connectivity index (χ3n) is 8.03. The zero-order valence-corrected chi connectivity index (χ0v) is 25.9. The summed E-state index contributed by atoms with van der Waals surface area (Å²) in [6.07, 6.45) is 2.12. The number of nitrogens with zero attached hydrogens (tertiary/aromatic N) is 6. The fourth-order valence-corrected chi connectivity index (χ4v) is 7.52. The fraction of sp³-hybridized carbons (Fsp3) is 0.242. The zero-order chi connectivity index (χ0) is 30.0. The molecule has 1 saturated heterocycles. The van der Waals surface area contributed by atoms with Crippen LogP contribution in [0, 0.1) is 6.92 Å². The van der Waals surface area contributed by atoms with Gasteiger partial charge in [-0.1, -0.05) is 71.9 Å². The SMILES string of the molecule is Cc1ccc(-n2c(Cc3ccccc3)nnc2SCc2nc(C(=O)N3CCC(n4c(=O)[nH]c5ccccc54)CC3)cs2)cc1. The van der Waals surface area contributed by atoms with Gasteiger partial charge < -0.3 is 9.88 Å². The van der Waals surface area contributed by atoms with Crippen LogP contribution in [0.4, 0.5) is 0 Å². The number of para-hydroxylation sites is 2. The maximum Gasteiger partial charge on any atom is 0.326 e. The van der Waals surface area contributed by atoms with Gasteiger partial charge in [0.2, 0.25) is 0 Å². The van der Waals surface area contributed by atoms with Crippen LogP contribution in [0.1, 0.15) is 51.3 Å². The summed E-state index contributed by atoms with van der Waals surface area (Å²) in [6.45, 7) is 3.24. The average molecular weight is 622 g/mol. The van der Waals surface area contributed by atoms with Gasteiger partial charge in [-0.05, 0) is 49.6 Å². The Labute approximate surface area is 262 Å². The van der Waals surface area contributed by atoms with Gasteiger partial charge in [0, 0.05) is 36.6 Å². The Morgan fingerprint density at radius 1 is 0.977 bits per heavy atom. The van der Waals surface area contributed by atoms with Gasteiger partial charge in [-0.3, -0.25) is 13.9 Å². The van der Waals surface area contributed by atoms with Gasteiger partial charge in [0.15, 0.2) is 5.16 Å². The van der Waals surface area contributed by atoms with Crippen molar-refractivity contribution >= 4 is 40.0 Å². The second-order valence-corrected chi connectivity index (χ2v) is 12.9. The molecule has 9 nitrogen and oxygen atoms in total. The van der Waals surface area contributed by atoms with E-state index < -0.39 is 0 Å². The fourth-order valence-electron chi connectivity index (χ4n) is 5.77. The second-order valence-electron chi connectivity index (χ2n) is 11.0. The number of hydrogen-bond acceptors (Lipinski definition) is 7. The first-order valence-corrected chi connectivity index (χ1v) is 16.5. The molecule has 222 valence electrons. The van der Waals surface area contributed by atoms with Crippen molar-refractivity contribution in [2.75, 3.05) is 13.1 Å². The summed E-state index contributed by atoms with van der Waals surface area (Å²) in [6, 6.07) is 26.4. The van der Waals surface area contributed by atoms with E-state index in [2.05, 4.69) is 63.1 Å². The number of aromatic nitrogens is 6. The number of amides is 1. The zero-order valence-electron chi connectivity index (χ0n) is 24.2. The third kappa shape index (κ3) is 5.72. The largest absolute Gasteiger partial charge is 0.337 e. The minimum atomic E-state index is -0.0944. The number of benzene rings is 3. The summed E-state index contributed by atoms with van der Waals surface area (Å²) in [5, 5.41) is 12.6. The maximum atomic E-state index is 13.4. The second kappa shape index (κ2) is 12.3. The standard InChI is InChI=1S/C33H31N7O2S2/c1-22-11-13-24(14-12-22)40-29(19-23-7-3-2-4-8-23)36-37-33(40)44-21-30-34-27(20-43-30)31(41)38-17-15-25(16-18-38)39-28-10-6-5-9-26(28)35-32(39)42/h2-14,20,25H,15-19,21H2,1H3,(H,35,42). The van der Waals surface area contributed by atoms with Crippen LogP contribution in [0.2, 0.25) is 0 Å². The number of H-pyrrole nitrogens is 1. The van der Waals surface area contributed by atoms with Gasteiger partial charge in [0.25, 0.3) is 5.91 Å². The Balaban J connectivity index is 1.02. The van der Waals surface area contributed by atoms with Crippen molar-refractivity contribution in [3.05, 3.63) is 122 Å². The van der Waals surface area contributed by atoms with Crippen molar-refractivity contribution in [1.29, 1.82) is 0 Å². The predicted octanol–water partition coefficient (Wildman–Crippen LogP) is 6.04. The van der Waals surface area contributed by atoms with E-state index in [-0.39, 0.29) is 17.6 Å². The lowest BCUT2D eigenvalue weighted by atomic mass is 10.0. The number of aromatic amines is 1. The molecule has 0 aliphatic carbocycles. The minimum absolute atomic E-state index is 0.0581. The Morgan fingerprint density at radius 3 is 2.52 bits per heavy atom. The lowest BCUT2D eigenvalue weighted by molar-refractivity contribution is 0.0689. The van der Waals surface area contributed by atoms with Crippen LogP contribution in [0.15, 0.2) is 94.2 Å². The number of imidazole rings is 1. The highest BCUT2D eigenvalue weighted by Gasteiger charge is 2.28. The van der Waals surface area contributed by atoms with Crippen LogP contribution in [0.25, 0.3) is 16.7 Å². The monoisotopic (exact) mass is 621 g/mol. The summed E-state index contributed by atoms with van der Waals surface area (Å²) in [7, 11) is 0. The van der Waals surface area contributed by atoms with Gasteiger partial charge in [0.05, 0.1) is 16.8 Å². The van der Waals surface area contributed by atoms with Crippen LogP contribution in [0.5, 0.6) is 0 Å². The summed E-state index contributed by atoms with van der Waals surface area (Å²) in [5.74, 6) is 1.39. The summed E-state index contributed by atoms with van der Waals surface area (Å²) >= 11 is 3.06. The normalized spacial score (nSPS) is 14.0. The molecule has 0 unspecified atom stereocenters. The first-order valence-electron chi connectivity index (χ1n) is 14.6. The number of piperidine rings is 1. The molecule has 7 rings (SSSR count). The predicted molar refractivity (Wildman–Crippen MR) is 174 cm³/mol. The highest BCUT2D eigenvalue weighted by molar-refractivity contribution is 7.98. The van der Waals surface area contributed by atoms with Crippen LogP contribution in [0.3, 0.4) is 0 Å². The van der Waals surface area contributed by atoms with Crippen molar-refractivity contribution in [3.8, 4) is 5.69 Å². The molecule has 1 fully saturated rings. The lowest BCUT2D eigenvalue weighted by Crippen LogP contribution is -2.40. The number of hydrogen-bond donors (Lipinski definition) is 1. The van der Waals surface area contributed by atoms with E-state index in [1.807, 2.05) is 57.3 Å². The molecule has 1 aliphatic heterocycles. The van der Waals surface area contributed by atoms with Crippen molar-refractivity contribution < 1.29 is 4.79 Å². The number of nitrogens with one attached hydrogen (secondary N) is 1. The molecule has 6 aromatic rings. The first-order chi connectivity index (χ1) is 21.5. The molecule has 1 N–H and O–H groups in total.